The molecule has 3 aromatic rings. The van der Waals surface area contributed by atoms with Gasteiger partial charge in [-0.2, -0.15) is 5.10 Å². The van der Waals surface area contributed by atoms with Crippen molar-refractivity contribution in [3.63, 3.8) is 0 Å². The maximum atomic E-state index is 13.4. The normalized spacial score (nSPS) is 16.5. The number of aromatic nitrogens is 3. The van der Waals surface area contributed by atoms with E-state index in [2.05, 4.69) is 15.0 Å². The Morgan fingerprint density at radius 1 is 1.36 bits per heavy atom. The van der Waals surface area contributed by atoms with Gasteiger partial charge in [0.05, 0.1) is 30.4 Å². The summed E-state index contributed by atoms with van der Waals surface area (Å²) in [4.78, 5) is 19.0. The number of halogens is 1. The van der Waals surface area contributed by atoms with Gasteiger partial charge in [-0.3, -0.25) is 4.68 Å². The van der Waals surface area contributed by atoms with Crippen LogP contribution in [-0.2, 0) is 11.8 Å². The van der Waals surface area contributed by atoms with Crippen LogP contribution in [0.25, 0.3) is 11.0 Å². The van der Waals surface area contributed by atoms with Crippen molar-refractivity contribution >= 4 is 22.7 Å². The van der Waals surface area contributed by atoms with E-state index in [0.717, 1.165) is 17.5 Å². The van der Waals surface area contributed by atoms with E-state index in [1.807, 2.05) is 7.05 Å². The number of rotatable bonds is 5. The van der Waals surface area contributed by atoms with Crippen molar-refractivity contribution in [2.75, 3.05) is 24.6 Å². The molecule has 0 amide bonds. The van der Waals surface area contributed by atoms with Crippen LogP contribution in [0.2, 0.25) is 0 Å². The summed E-state index contributed by atoms with van der Waals surface area (Å²) in [6, 6.07) is 6.12. The van der Waals surface area contributed by atoms with Gasteiger partial charge >= 0.3 is 5.97 Å². The molecule has 0 spiro atoms. The van der Waals surface area contributed by atoms with Gasteiger partial charge < -0.3 is 14.4 Å². The molecule has 0 radical (unpaired) electrons. The Kier molecular flexibility index (Phi) is 4.85. The molecule has 1 atom stereocenters. The minimum Gasteiger partial charge on any atom is -0.488 e. The van der Waals surface area contributed by atoms with Crippen LogP contribution in [0.5, 0.6) is 5.75 Å². The molecule has 4 rings (SSSR count). The number of esters is 1. The molecule has 2 aromatic heterocycles. The van der Waals surface area contributed by atoms with Gasteiger partial charge in [0.1, 0.15) is 23.2 Å². The second kappa shape index (κ2) is 7.46. The predicted molar refractivity (Wildman–Crippen MR) is 102 cm³/mol. The van der Waals surface area contributed by atoms with Gasteiger partial charge in [-0.05, 0) is 19.1 Å². The van der Waals surface area contributed by atoms with Gasteiger partial charge in [0.25, 0.3) is 0 Å². The maximum Gasteiger partial charge on any atom is 0.341 e. The first-order valence-electron chi connectivity index (χ1n) is 9.21. The molecule has 1 aliphatic rings. The number of hydrogen-bond acceptors (Lipinski definition) is 6. The summed E-state index contributed by atoms with van der Waals surface area (Å²) in [7, 11) is 1.81. The molecule has 1 fully saturated rings. The van der Waals surface area contributed by atoms with Crippen molar-refractivity contribution in [1.82, 2.24) is 14.8 Å². The standard InChI is InChI=1S/C20H21FN4O3/c1-3-27-20(26)17-10-22-19-16(11-23-24(19)2)18(17)25-8-7-15(12-25)28-14-6-4-5-13(21)9-14/h4-6,9-11,15H,3,7-8,12H2,1-2H3. The minimum absolute atomic E-state index is 0.114. The second-order valence-corrected chi connectivity index (χ2v) is 6.68. The van der Waals surface area contributed by atoms with Crippen LogP contribution in [0.15, 0.2) is 36.7 Å². The van der Waals surface area contributed by atoms with Gasteiger partial charge in [-0.1, -0.05) is 6.07 Å². The molecule has 8 heteroatoms. The van der Waals surface area contributed by atoms with Crippen LogP contribution in [0.4, 0.5) is 10.1 Å². The molecule has 1 saturated heterocycles. The fraction of sp³-hybridized carbons (Fsp3) is 0.350. The van der Waals surface area contributed by atoms with Gasteiger partial charge in [0, 0.05) is 32.3 Å². The SMILES string of the molecule is CCOC(=O)c1cnc2c(cnn2C)c1N1CCC(Oc2cccc(F)c2)C1. The zero-order valence-corrected chi connectivity index (χ0v) is 15.8. The zero-order chi connectivity index (χ0) is 19.7. The molecule has 7 nitrogen and oxygen atoms in total. The Morgan fingerprint density at radius 2 is 2.21 bits per heavy atom. The number of nitrogens with zero attached hydrogens (tertiary/aromatic N) is 4. The number of anilines is 1. The molecular formula is C20H21FN4O3. The van der Waals surface area contributed by atoms with Crippen LogP contribution in [0, 0.1) is 5.82 Å². The summed E-state index contributed by atoms with van der Waals surface area (Å²) < 4.78 is 26.2. The summed E-state index contributed by atoms with van der Waals surface area (Å²) in [6.07, 6.45) is 3.89. The third-order valence-corrected chi connectivity index (χ3v) is 4.79. The van der Waals surface area contributed by atoms with E-state index >= 15 is 0 Å². The molecule has 1 aliphatic heterocycles. The van der Waals surface area contributed by atoms with Crippen LogP contribution in [0.1, 0.15) is 23.7 Å². The van der Waals surface area contributed by atoms with E-state index < -0.39 is 5.97 Å². The number of pyridine rings is 1. The van der Waals surface area contributed by atoms with Gasteiger partial charge in [-0.25, -0.2) is 14.2 Å². The highest BCUT2D eigenvalue weighted by atomic mass is 19.1. The molecule has 0 N–H and O–H groups in total. The molecule has 1 aromatic carbocycles. The first-order chi connectivity index (χ1) is 13.6. The average Bonchev–Trinajstić information content (AvgIpc) is 3.28. The minimum atomic E-state index is -0.412. The third kappa shape index (κ3) is 3.37. The lowest BCUT2D eigenvalue weighted by molar-refractivity contribution is 0.0526. The maximum absolute atomic E-state index is 13.4. The van der Waals surface area contributed by atoms with Crippen LogP contribution in [0.3, 0.4) is 0 Å². The Hall–Kier alpha value is -3.16. The average molecular weight is 384 g/mol. The van der Waals surface area contributed by atoms with Gasteiger partial charge in [0.15, 0.2) is 5.65 Å². The number of benzene rings is 1. The third-order valence-electron chi connectivity index (χ3n) is 4.79. The number of fused-ring (bicyclic) bond motifs is 1. The summed E-state index contributed by atoms with van der Waals surface area (Å²) in [6.45, 7) is 3.32. The lowest BCUT2D eigenvalue weighted by atomic mass is 10.1. The second-order valence-electron chi connectivity index (χ2n) is 6.68. The Morgan fingerprint density at radius 3 is 3.00 bits per heavy atom. The smallest absolute Gasteiger partial charge is 0.341 e. The molecule has 28 heavy (non-hydrogen) atoms. The lowest BCUT2D eigenvalue weighted by Gasteiger charge is -2.22. The first kappa shape index (κ1) is 18.2. The monoisotopic (exact) mass is 384 g/mol. The first-order valence-corrected chi connectivity index (χ1v) is 9.21. The molecule has 146 valence electrons. The van der Waals surface area contributed by atoms with Gasteiger partial charge in [0.2, 0.25) is 0 Å². The van der Waals surface area contributed by atoms with Crippen molar-refractivity contribution in [1.29, 1.82) is 0 Å². The van der Waals surface area contributed by atoms with Crippen LogP contribution < -0.4 is 9.64 Å². The quantitative estimate of drug-likeness (QED) is 0.630. The van der Waals surface area contributed by atoms with Crippen molar-refractivity contribution < 1.29 is 18.7 Å². The van der Waals surface area contributed by atoms with Crippen LogP contribution >= 0.6 is 0 Å². The van der Waals surface area contributed by atoms with Gasteiger partial charge in [-0.15, -0.1) is 0 Å². The van der Waals surface area contributed by atoms with Crippen molar-refractivity contribution in [3.05, 3.63) is 48.0 Å². The fourth-order valence-corrected chi connectivity index (χ4v) is 3.54. The van der Waals surface area contributed by atoms with Crippen molar-refractivity contribution in [2.45, 2.75) is 19.4 Å². The van der Waals surface area contributed by atoms with Crippen molar-refractivity contribution in [2.24, 2.45) is 7.05 Å². The zero-order valence-electron chi connectivity index (χ0n) is 15.8. The Labute approximate surface area is 161 Å². The van der Waals surface area contributed by atoms with Crippen LogP contribution in [-0.4, -0.2) is 46.5 Å². The number of ether oxygens (including phenoxy) is 2. The summed E-state index contributed by atoms with van der Waals surface area (Å²) >= 11 is 0. The van der Waals surface area contributed by atoms with E-state index in [1.165, 1.54) is 18.3 Å². The highest BCUT2D eigenvalue weighted by Crippen LogP contribution is 2.33. The number of aryl methyl sites for hydroxylation is 1. The highest BCUT2D eigenvalue weighted by molar-refractivity contribution is 6.04. The largest absolute Gasteiger partial charge is 0.488 e. The van der Waals surface area contributed by atoms with E-state index in [9.17, 15) is 9.18 Å². The predicted octanol–water partition coefficient (Wildman–Crippen LogP) is 2.94. The molecule has 0 bridgehead atoms. The van der Waals surface area contributed by atoms with E-state index in [0.29, 0.717) is 30.0 Å². The summed E-state index contributed by atoms with van der Waals surface area (Å²) in [5.41, 5.74) is 1.85. The Balaban J connectivity index is 1.64. The number of carbonyl (C=O) groups is 1. The fourth-order valence-electron chi connectivity index (χ4n) is 3.54. The molecule has 0 saturated carbocycles. The number of carbonyl (C=O) groups excluding carboxylic acids is 1. The molecule has 1 unspecified atom stereocenters. The molecular weight excluding hydrogens is 363 g/mol. The summed E-state index contributed by atoms with van der Waals surface area (Å²) in [5, 5.41) is 5.06. The summed E-state index contributed by atoms with van der Waals surface area (Å²) in [5.74, 6) is -0.243. The van der Waals surface area contributed by atoms with Crippen molar-refractivity contribution in [3.8, 4) is 5.75 Å². The topological polar surface area (TPSA) is 69.5 Å². The molecule has 0 aliphatic carbocycles. The van der Waals surface area contributed by atoms with E-state index in [4.69, 9.17) is 9.47 Å². The number of hydrogen-bond donors (Lipinski definition) is 0. The van der Waals surface area contributed by atoms with E-state index in [1.54, 1.807) is 29.9 Å². The molecule has 3 heterocycles. The highest BCUT2D eigenvalue weighted by Gasteiger charge is 2.30. The Bertz CT molecular complexity index is 1020. The lowest BCUT2D eigenvalue weighted by Crippen LogP contribution is -2.26. The van der Waals surface area contributed by atoms with E-state index in [-0.39, 0.29) is 18.5 Å².